The van der Waals surface area contributed by atoms with Gasteiger partial charge in [0.2, 0.25) is 10.0 Å². The lowest BCUT2D eigenvalue weighted by Gasteiger charge is -2.04. The van der Waals surface area contributed by atoms with Gasteiger partial charge in [-0.05, 0) is 29.7 Å². The predicted octanol–water partition coefficient (Wildman–Crippen LogP) is 2.93. The fourth-order valence-corrected chi connectivity index (χ4v) is 3.74. The van der Waals surface area contributed by atoms with Crippen molar-refractivity contribution in [2.75, 3.05) is 0 Å². The summed E-state index contributed by atoms with van der Waals surface area (Å²) in [4.78, 5) is 3.20. The summed E-state index contributed by atoms with van der Waals surface area (Å²) in [6, 6.07) is 16.9. The molecule has 24 heavy (non-hydrogen) atoms. The molecule has 0 bridgehead atoms. The van der Waals surface area contributed by atoms with E-state index < -0.39 is 10.0 Å². The molecule has 4 rings (SSSR count). The Kier molecular flexibility index (Phi) is 3.59. The van der Waals surface area contributed by atoms with Gasteiger partial charge in [0, 0.05) is 16.6 Å². The molecule has 2 heterocycles. The zero-order valence-electron chi connectivity index (χ0n) is 12.7. The molecule has 0 aliphatic heterocycles. The molecule has 2 aromatic heterocycles. The van der Waals surface area contributed by atoms with Crippen LogP contribution < -0.4 is 4.72 Å². The van der Waals surface area contributed by atoms with Gasteiger partial charge < -0.3 is 9.51 Å². The number of para-hydroxylation sites is 2. The van der Waals surface area contributed by atoms with Crippen molar-refractivity contribution in [1.82, 2.24) is 14.9 Å². The van der Waals surface area contributed by atoms with E-state index in [-0.39, 0.29) is 12.3 Å². The predicted molar refractivity (Wildman–Crippen MR) is 91.8 cm³/mol. The molecule has 2 aromatic carbocycles. The maximum Gasteiger partial charge on any atom is 0.217 e. The number of sulfonamides is 1. The molecule has 0 unspecified atom stereocenters. The first kappa shape index (κ1) is 14.9. The maximum atomic E-state index is 12.3. The Balaban J connectivity index is 1.51. The number of benzene rings is 2. The van der Waals surface area contributed by atoms with E-state index in [1.807, 2.05) is 42.5 Å². The SMILES string of the molecule is O=S(=O)(Cc1noc2ccccc12)NCc1cc2ccccc2[nH]1. The third-order valence-corrected chi connectivity index (χ3v) is 5.08. The normalized spacial score (nSPS) is 12.2. The second-order valence-electron chi connectivity index (χ2n) is 5.59. The molecule has 2 N–H and O–H groups in total. The van der Waals surface area contributed by atoms with Crippen LogP contribution in [0, 0.1) is 0 Å². The number of fused-ring (bicyclic) bond motifs is 2. The van der Waals surface area contributed by atoms with E-state index in [4.69, 9.17) is 4.52 Å². The highest BCUT2D eigenvalue weighted by Gasteiger charge is 2.17. The molecule has 0 aliphatic carbocycles. The van der Waals surface area contributed by atoms with E-state index in [0.29, 0.717) is 16.7 Å². The zero-order valence-corrected chi connectivity index (χ0v) is 13.5. The van der Waals surface area contributed by atoms with E-state index in [2.05, 4.69) is 14.9 Å². The Hall–Kier alpha value is -2.64. The molecular weight excluding hydrogens is 326 g/mol. The number of aromatic nitrogens is 2. The van der Waals surface area contributed by atoms with Gasteiger partial charge in [0.15, 0.2) is 5.58 Å². The highest BCUT2D eigenvalue weighted by atomic mass is 32.2. The van der Waals surface area contributed by atoms with E-state index >= 15 is 0 Å². The van der Waals surface area contributed by atoms with Crippen molar-refractivity contribution in [1.29, 1.82) is 0 Å². The molecular formula is C17H15N3O3S. The van der Waals surface area contributed by atoms with Crippen molar-refractivity contribution in [2.24, 2.45) is 0 Å². The fraction of sp³-hybridized carbons (Fsp3) is 0.118. The van der Waals surface area contributed by atoms with Crippen LogP contribution in [0.15, 0.2) is 59.1 Å². The molecule has 4 aromatic rings. The topological polar surface area (TPSA) is 88.0 Å². The van der Waals surface area contributed by atoms with Crippen LogP contribution in [0.5, 0.6) is 0 Å². The van der Waals surface area contributed by atoms with Gasteiger partial charge in [-0.15, -0.1) is 0 Å². The van der Waals surface area contributed by atoms with Gasteiger partial charge in [-0.3, -0.25) is 0 Å². The highest BCUT2D eigenvalue weighted by Crippen LogP contribution is 2.20. The number of aromatic amines is 1. The lowest BCUT2D eigenvalue weighted by Crippen LogP contribution is -2.25. The van der Waals surface area contributed by atoms with Crippen LogP contribution >= 0.6 is 0 Å². The Morgan fingerprint density at radius 1 is 1.08 bits per heavy atom. The second kappa shape index (κ2) is 5.77. The Bertz CT molecular complexity index is 1080. The molecule has 0 spiro atoms. The molecule has 122 valence electrons. The molecule has 0 saturated carbocycles. The molecule has 0 radical (unpaired) electrons. The quantitative estimate of drug-likeness (QED) is 0.584. The summed E-state index contributed by atoms with van der Waals surface area (Å²) in [5.41, 5.74) is 2.78. The molecule has 7 heteroatoms. The smallest absolute Gasteiger partial charge is 0.217 e. The first-order valence-electron chi connectivity index (χ1n) is 7.48. The first-order chi connectivity index (χ1) is 11.6. The van der Waals surface area contributed by atoms with Gasteiger partial charge in [-0.2, -0.15) is 0 Å². The van der Waals surface area contributed by atoms with E-state index in [0.717, 1.165) is 16.6 Å². The van der Waals surface area contributed by atoms with Crippen LogP contribution in [0.2, 0.25) is 0 Å². The standard InChI is InChI=1S/C17H15N3O3S/c21-24(22,11-16-14-6-2-4-8-17(14)23-20-16)18-10-13-9-12-5-1-3-7-15(12)19-13/h1-9,18-19H,10-11H2. The Labute approximate surface area is 138 Å². The molecule has 0 fully saturated rings. The van der Waals surface area contributed by atoms with Gasteiger partial charge in [0.05, 0.1) is 6.54 Å². The molecule has 0 aliphatic rings. The van der Waals surface area contributed by atoms with Crippen LogP contribution in [0.4, 0.5) is 0 Å². The van der Waals surface area contributed by atoms with Crippen molar-refractivity contribution in [3.8, 4) is 0 Å². The minimum atomic E-state index is -3.52. The van der Waals surface area contributed by atoms with Crippen LogP contribution in [0.25, 0.3) is 21.9 Å². The van der Waals surface area contributed by atoms with Crippen molar-refractivity contribution in [2.45, 2.75) is 12.3 Å². The van der Waals surface area contributed by atoms with E-state index in [1.54, 1.807) is 12.1 Å². The first-order valence-corrected chi connectivity index (χ1v) is 9.13. The van der Waals surface area contributed by atoms with Gasteiger partial charge in [-0.1, -0.05) is 35.5 Å². The summed E-state index contributed by atoms with van der Waals surface area (Å²) >= 11 is 0. The lowest BCUT2D eigenvalue weighted by molar-refractivity contribution is 0.448. The third kappa shape index (κ3) is 2.91. The molecule has 0 saturated heterocycles. The van der Waals surface area contributed by atoms with Crippen molar-refractivity contribution >= 4 is 31.9 Å². The Morgan fingerprint density at radius 3 is 2.75 bits per heavy atom. The van der Waals surface area contributed by atoms with Crippen LogP contribution in [0.3, 0.4) is 0 Å². The van der Waals surface area contributed by atoms with Crippen molar-refractivity contribution < 1.29 is 12.9 Å². The highest BCUT2D eigenvalue weighted by molar-refractivity contribution is 7.88. The summed E-state index contributed by atoms with van der Waals surface area (Å²) in [5.74, 6) is -0.218. The van der Waals surface area contributed by atoms with Crippen LogP contribution in [0.1, 0.15) is 11.4 Å². The van der Waals surface area contributed by atoms with Gasteiger partial charge in [-0.25, -0.2) is 13.1 Å². The summed E-state index contributed by atoms with van der Waals surface area (Å²) < 4.78 is 32.4. The lowest BCUT2D eigenvalue weighted by atomic mass is 10.2. The zero-order chi connectivity index (χ0) is 16.6. The molecule has 0 amide bonds. The maximum absolute atomic E-state index is 12.3. The number of nitrogens with one attached hydrogen (secondary N) is 2. The van der Waals surface area contributed by atoms with Crippen molar-refractivity contribution in [3.63, 3.8) is 0 Å². The summed E-state index contributed by atoms with van der Waals surface area (Å²) in [7, 11) is -3.52. The average Bonchev–Trinajstić information content (AvgIpc) is 3.17. The minimum absolute atomic E-state index is 0.201. The number of H-pyrrole nitrogens is 1. The molecule has 6 nitrogen and oxygen atoms in total. The van der Waals surface area contributed by atoms with Gasteiger partial charge in [0.25, 0.3) is 0 Å². The summed E-state index contributed by atoms with van der Waals surface area (Å²) in [6.45, 7) is 0.201. The second-order valence-corrected chi connectivity index (χ2v) is 7.39. The Morgan fingerprint density at radius 2 is 1.88 bits per heavy atom. The number of hydrogen-bond donors (Lipinski definition) is 2. The monoisotopic (exact) mass is 341 g/mol. The van der Waals surface area contributed by atoms with Crippen molar-refractivity contribution in [3.05, 3.63) is 66.0 Å². The average molecular weight is 341 g/mol. The number of rotatable bonds is 5. The summed E-state index contributed by atoms with van der Waals surface area (Å²) in [5, 5.41) is 5.63. The van der Waals surface area contributed by atoms with E-state index in [1.165, 1.54) is 0 Å². The largest absolute Gasteiger partial charge is 0.357 e. The molecule has 0 atom stereocenters. The van der Waals surface area contributed by atoms with Gasteiger partial charge >= 0.3 is 0 Å². The van der Waals surface area contributed by atoms with Crippen LogP contribution in [-0.4, -0.2) is 18.6 Å². The minimum Gasteiger partial charge on any atom is -0.357 e. The van der Waals surface area contributed by atoms with E-state index in [9.17, 15) is 8.42 Å². The van der Waals surface area contributed by atoms with Crippen LogP contribution in [-0.2, 0) is 22.3 Å². The fourth-order valence-electron chi connectivity index (χ4n) is 2.69. The third-order valence-electron chi connectivity index (χ3n) is 3.85. The number of hydrogen-bond acceptors (Lipinski definition) is 4. The van der Waals surface area contributed by atoms with Gasteiger partial charge in [0.1, 0.15) is 11.4 Å². The number of nitrogens with zero attached hydrogens (tertiary/aromatic N) is 1. The summed E-state index contributed by atoms with van der Waals surface area (Å²) in [6.07, 6.45) is 0.